The predicted octanol–water partition coefficient (Wildman–Crippen LogP) is 4.35. The summed E-state index contributed by atoms with van der Waals surface area (Å²) in [6.45, 7) is 0.574. The number of carbonyl (C=O) groups excluding carboxylic acids is 2. The van der Waals surface area contributed by atoms with Crippen LogP contribution in [0, 0.1) is 0 Å². The molecule has 0 atom stereocenters. The molecule has 0 aliphatic rings. The number of aryl methyl sites for hydroxylation is 1. The van der Waals surface area contributed by atoms with Crippen molar-refractivity contribution < 1.29 is 14.3 Å². The van der Waals surface area contributed by atoms with Crippen LogP contribution in [0.4, 0.5) is 5.13 Å². The van der Waals surface area contributed by atoms with Crippen LogP contribution in [0.1, 0.15) is 28.0 Å². The van der Waals surface area contributed by atoms with Gasteiger partial charge in [0.1, 0.15) is 5.75 Å². The Hall–Kier alpha value is -2.90. The van der Waals surface area contributed by atoms with Gasteiger partial charge in [0.2, 0.25) is 5.91 Å². The zero-order valence-corrected chi connectivity index (χ0v) is 18.1. The Morgan fingerprint density at radius 2 is 1.80 bits per heavy atom. The Kier molecular flexibility index (Phi) is 7.82. The van der Waals surface area contributed by atoms with E-state index in [0.717, 1.165) is 23.4 Å². The molecule has 3 aromatic rings. The number of hydrogen-bond donors (Lipinski definition) is 2. The van der Waals surface area contributed by atoms with Crippen LogP contribution in [0.25, 0.3) is 0 Å². The van der Waals surface area contributed by atoms with Crippen molar-refractivity contribution in [1.29, 1.82) is 0 Å². The maximum Gasteiger partial charge on any atom is 0.257 e. The fraction of sp³-hybridized carbons (Fsp3) is 0.227. The lowest BCUT2D eigenvalue weighted by atomic mass is 10.1. The number of benzene rings is 2. The van der Waals surface area contributed by atoms with Crippen LogP contribution in [0.5, 0.6) is 5.75 Å². The second kappa shape index (κ2) is 10.8. The lowest BCUT2D eigenvalue weighted by molar-refractivity contribution is -0.121. The first kappa shape index (κ1) is 21.8. The average molecular weight is 444 g/mol. The van der Waals surface area contributed by atoms with Gasteiger partial charge in [0.05, 0.1) is 12.8 Å². The molecular formula is C22H22ClN3O3S. The number of hydrogen-bond acceptors (Lipinski definition) is 5. The number of halogens is 1. The predicted molar refractivity (Wildman–Crippen MR) is 120 cm³/mol. The summed E-state index contributed by atoms with van der Waals surface area (Å²) >= 11 is 7.17. The Morgan fingerprint density at radius 1 is 1.07 bits per heavy atom. The topological polar surface area (TPSA) is 80.3 Å². The van der Waals surface area contributed by atoms with E-state index in [1.54, 1.807) is 31.4 Å². The molecule has 0 radical (unpaired) electrons. The van der Waals surface area contributed by atoms with Crippen LogP contribution in [-0.4, -0.2) is 30.5 Å². The van der Waals surface area contributed by atoms with E-state index in [0.29, 0.717) is 35.1 Å². The number of rotatable bonds is 9. The highest BCUT2D eigenvalue weighted by atomic mass is 35.5. The Labute approximate surface area is 184 Å². The maximum atomic E-state index is 12.2. The zero-order valence-electron chi connectivity index (χ0n) is 16.5. The first-order valence-corrected chi connectivity index (χ1v) is 10.7. The normalized spacial score (nSPS) is 10.5. The summed E-state index contributed by atoms with van der Waals surface area (Å²) in [6, 6.07) is 14.4. The van der Waals surface area contributed by atoms with Crippen molar-refractivity contribution in [2.24, 2.45) is 0 Å². The molecule has 0 aliphatic heterocycles. The average Bonchev–Trinajstić information content (AvgIpc) is 3.20. The molecule has 0 unspecified atom stereocenters. The molecular weight excluding hydrogens is 422 g/mol. The summed E-state index contributed by atoms with van der Waals surface area (Å²) in [5, 5.41) is 8.61. The van der Waals surface area contributed by atoms with Crippen LogP contribution >= 0.6 is 22.9 Å². The second-order valence-electron chi connectivity index (χ2n) is 6.55. The number of aromatic nitrogens is 1. The standard InChI is InChI=1S/C22H22ClN3O3S/c1-29-19-9-2-15(3-10-19)12-13-24-20(27)11-8-18-14-30-22(25-18)26-21(28)16-4-6-17(23)7-5-16/h2-7,9-10,14H,8,11-13H2,1H3,(H,24,27)(H,25,26,28). The fourth-order valence-electron chi connectivity index (χ4n) is 2.72. The minimum Gasteiger partial charge on any atom is -0.497 e. The number of nitrogens with one attached hydrogen (secondary N) is 2. The molecule has 0 spiro atoms. The number of anilines is 1. The largest absolute Gasteiger partial charge is 0.497 e. The maximum absolute atomic E-state index is 12.2. The zero-order chi connectivity index (χ0) is 21.3. The molecule has 2 amide bonds. The molecule has 3 rings (SSSR count). The number of amides is 2. The van der Waals surface area contributed by atoms with Gasteiger partial charge in [-0.25, -0.2) is 4.98 Å². The Bertz CT molecular complexity index is 988. The number of ether oxygens (including phenoxy) is 1. The molecule has 0 aliphatic carbocycles. The molecule has 6 nitrogen and oxygen atoms in total. The van der Waals surface area contributed by atoms with Gasteiger partial charge in [0, 0.05) is 28.9 Å². The molecule has 0 bridgehead atoms. The van der Waals surface area contributed by atoms with Crippen molar-refractivity contribution in [3.63, 3.8) is 0 Å². The van der Waals surface area contributed by atoms with E-state index in [1.807, 2.05) is 29.6 Å². The third-order valence-corrected chi connectivity index (χ3v) is 5.44. The highest BCUT2D eigenvalue weighted by Crippen LogP contribution is 2.18. The fourth-order valence-corrected chi connectivity index (χ4v) is 3.58. The van der Waals surface area contributed by atoms with Crippen LogP contribution in [0.15, 0.2) is 53.9 Å². The van der Waals surface area contributed by atoms with Gasteiger partial charge in [-0.3, -0.25) is 14.9 Å². The van der Waals surface area contributed by atoms with E-state index in [9.17, 15) is 9.59 Å². The smallest absolute Gasteiger partial charge is 0.257 e. The molecule has 8 heteroatoms. The van der Waals surface area contributed by atoms with Crippen LogP contribution in [0.3, 0.4) is 0 Å². The van der Waals surface area contributed by atoms with Crippen molar-refractivity contribution in [3.05, 3.63) is 75.8 Å². The molecule has 1 heterocycles. The summed E-state index contributed by atoms with van der Waals surface area (Å²) in [4.78, 5) is 28.7. The number of thiazole rings is 1. The molecule has 30 heavy (non-hydrogen) atoms. The highest BCUT2D eigenvalue weighted by molar-refractivity contribution is 7.14. The molecule has 2 N–H and O–H groups in total. The summed E-state index contributed by atoms with van der Waals surface area (Å²) in [5.41, 5.74) is 2.42. The number of nitrogens with zero attached hydrogens (tertiary/aromatic N) is 1. The van der Waals surface area contributed by atoms with Crippen molar-refractivity contribution in [1.82, 2.24) is 10.3 Å². The minimum absolute atomic E-state index is 0.0248. The number of methoxy groups -OCH3 is 1. The van der Waals surface area contributed by atoms with Gasteiger partial charge in [-0.2, -0.15) is 0 Å². The van der Waals surface area contributed by atoms with Gasteiger partial charge in [0.15, 0.2) is 5.13 Å². The molecule has 2 aromatic carbocycles. The van der Waals surface area contributed by atoms with Crippen molar-refractivity contribution in [3.8, 4) is 5.75 Å². The molecule has 0 fully saturated rings. The van der Waals surface area contributed by atoms with Crippen molar-refractivity contribution >= 4 is 39.9 Å². The van der Waals surface area contributed by atoms with Gasteiger partial charge in [-0.15, -0.1) is 11.3 Å². The van der Waals surface area contributed by atoms with E-state index >= 15 is 0 Å². The summed E-state index contributed by atoms with van der Waals surface area (Å²) in [6.07, 6.45) is 1.62. The monoisotopic (exact) mass is 443 g/mol. The lowest BCUT2D eigenvalue weighted by Gasteiger charge is -2.06. The first-order valence-electron chi connectivity index (χ1n) is 9.44. The molecule has 156 valence electrons. The summed E-state index contributed by atoms with van der Waals surface area (Å²) < 4.78 is 5.13. The summed E-state index contributed by atoms with van der Waals surface area (Å²) in [5.74, 6) is 0.543. The van der Waals surface area contributed by atoms with Crippen LogP contribution in [0.2, 0.25) is 5.02 Å². The molecule has 0 saturated heterocycles. The van der Waals surface area contributed by atoms with Crippen molar-refractivity contribution in [2.75, 3.05) is 19.0 Å². The van der Waals surface area contributed by atoms with E-state index in [2.05, 4.69) is 15.6 Å². The third kappa shape index (κ3) is 6.57. The van der Waals surface area contributed by atoms with Crippen molar-refractivity contribution in [2.45, 2.75) is 19.3 Å². The quantitative estimate of drug-likeness (QED) is 0.515. The third-order valence-electron chi connectivity index (χ3n) is 4.38. The van der Waals surface area contributed by atoms with Crippen LogP contribution in [-0.2, 0) is 17.6 Å². The molecule has 1 aromatic heterocycles. The Morgan fingerprint density at radius 3 is 2.50 bits per heavy atom. The second-order valence-corrected chi connectivity index (χ2v) is 7.85. The van der Waals surface area contributed by atoms with Gasteiger partial charge in [-0.1, -0.05) is 23.7 Å². The van der Waals surface area contributed by atoms with E-state index in [1.165, 1.54) is 11.3 Å². The van der Waals surface area contributed by atoms with Crippen LogP contribution < -0.4 is 15.4 Å². The minimum atomic E-state index is -0.246. The molecule has 0 saturated carbocycles. The highest BCUT2D eigenvalue weighted by Gasteiger charge is 2.10. The first-order chi connectivity index (χ1) is 14.5. The lowest BCUT2D eigenvalue weighted by Crippen LogP contribution is -2.25. The van der Waals surface area contributed by atoms with Gasteiger partial charge >= 0.3 is 0 Å². The van der Waals surface area contributed by atoms with E-state index < -0.39 is 0 Å². The Balaban J connectivity index is 1.39. The SMILES string of the molecule is COc1ccc(CCNC(=O)CCc2csc(NC(=O)c3ccc(Cl)cc3)n2)cc1. The van der Waals surface area contributed by atoms with E-state index in [4.69, 9.17) is 16.3 Å². The van der Waals surface area contributed by atoms with Gasteiger partial charge in [-0.05, 0) is 54.8 Å². The van der Waals surface area contributed by atoms with Gasteiger partial charge < -0.3 is 10.1 Å². The van der Waals surface area contributed by atoms with Gasteiger partial charge in [0.25, 0.3) is 5.91 Å². The number of carbonyl (C=O) groups is 2. The van der Waals surface area contributed by atoms with E-state index in [-0.39, 0.29) is 11.8 Å². The summed E-state index contributed by atoms with van der Waals surface area (Å²) in [7, 11) is 1.63.